The molecule has 2 amide bonds. The third-order valence-corrected chi connectivity index (χ3v) is 4.57. The molecule has 0 saturated heterocycles. The number of carbonyl (C=O) groups is 2. The van der Waals surface area contributed by atoms with Gasteiger partial charge in [-0.15, -0.1) is 0 Å². The summed E-state index contributed by atoms with van der Waals surface area (Å²) in [6.07, 6.45) is 1.47. The molecule has 3 rings (SSSR count). The van der Waals surface area contributed by atoms with Crippen LogP contribution in [0.2, 0.25) is 0 Å². The van der Waals surface area contributed by atoms with E-state index in [2.05, 4.69) is 29.5 Å². The van der Waals surface area contributed by atoms with Crippen molar-refractivity contribution in [2.75, 3.05) is 10.6 Å². The van der Waals surface area contributed by atoms with Crippen molar-refractivity contribution < 1.29 is 9.59 Å². The van der Waals surface area contributed by atoms with Crippen molar-refractivity contribution in [2.45, 2.75) is 33.6 Å². The predicted molar refractivity (Wildman–Crippen MR) is 117 cm³/mol. The van der Waals surface area contributed by atoms with Crippen LogP contribution in [0.4, 0.5) is 11.4 Å². The van der Waals surface area contributed by atoms with Gasteiger partial charge in [0.2, 0.25) is 0 Å². The van der Waals surface area contributed by atoms with E-state index < -0.39 is 0 Å². The van der Waals surface area contributed by atoms with Gasteiger partial charge < -0.3 is 10.6 Å². The number of benzene rings is 2. The third-order valence-electron chi connectivity index (χ3n) is 4.57. The maximum atomic E-state index is 12.7. The molecule has 0 aliphatic carbocycles. The van der Waals surface area contributed by atoms with E-state index in [-0.39, 0.29) is 23.4 Å². The van der Waals surface area contributed by atoms with Crippen molar-refractivity contribution in [1.29, 1.82) is 0 Å². The van der Waals surface area contributed by atoms with Crippen LogP contribution in [0.25, 0.3) is 0 Å². The molecule has 3 aromatic rings. The zero-order valence-electron chi connectivity index (χ0n) is 17.1. The van der Waals surface area contributed by atoms with Crippen molar-refractivity contribution in [2.24, 2.45) is 0 Å². The molecular formula is C24H25N3O2. The molecule has 0 aliphatic heterocycles. The number of nitrogens with one attached hydrogen (secondary N) is 2. The fraction of sp³-hybridized carbons (Fsp3) is 0.208. The Bertz CT molecular complexity index is 1040. The van der Waals surface area contributed by atoms with Crippen LogP contribution in [0.3, 0.4) is 0 Å². The number of para-hydroxylation sites is 1. The van der Waals surface area contributed by atoms with E-state index >= 15 is 0 Å². The Morgan fingerprint density at radius 1 is 0.862 bits per heavy atom. The zero-order valence-corrected chi connectivity index (χ0v) is 17.1. The molecule has 0 bridgehead atoms. The van der Waals surface area contributed by atoms with Crippen molar-refractivity contribution in [3.05, 3.63) is 88.7 Å². The van der Waals surface area contributed by atoms with Gasteiger partial charge in [-0.2, -0.15) is 0 Å². The summed E-state index contributed by atoms with van der Waals surface area (Å²) in [6.45, 7) is 8.10. The smallest absolute Gasteiger partial charge is 0.274 e. The van der Waals surface area contributed by atoms with Gasteiger partial charge in [-0.25, -0.2) is 0 Å². The maximum Gasteiger partial charge on any atom is 0.274 e. The summed E-state index contributed by atoms with van der Waals surface area (Å²) < 4.78 is 0. The molecule has 0 fully saturated rings. The van der Waals surface area contributed by atoms with Crippen LogP contribution in [-0.4, -0.2) is 16.8 Å². The maximum absolute atomic E-state index is 12.7. The van der Waals surface area contributed by atoms with Gasteiger partial charge in [-0.3, -0.25) is 14.6 Å². The number of anilines is 2. The van der Waals surface area contributed by atoms with Crippen molar-refractivity contribution in [3.63, 3.8) is 0 Å². The summed E-state index contributed by atoms with van der Waals surface area (Å²) in [4.78, 5) is 29.5. The van der Waals surface area contributed by atoms with E-state index in [4.69, 9.17) is 0 Å². The summed E-state index contributed by atoms with van der Waals surface area (Å²) in [5.74, 6) is -0.351. The molecule has 0 saturated carbocycles. The molecule has 0 atom stereocenters. The Morgan fingerprint density at radius 2 is 1.55 bits per heavy atom. The van der Waals surface area contributed by atoms with Crippen LogP contribution < -0.4 is 10.6 Å². The molecule has 2 N–H and O–H groups in total. The van der Waals surface area contributed by atoms with Crippen molar-refractivity contribution in [1.82, 2.24) is 4.98 Å². The van der Waals surface area contributed by atoms with Gasteiger partial charge in [0, 0.05) is 23.1 Å². The Hall–Kier alpha value is -3.47. The van der Waals surface area contributed by atoms with E-state index in [9.17, 15) is 9.59 Å². The summed E-state index contributed by atoms with van der Waals surface area (Å²) in [5.41, 5.74) is 5.22. The second-order valence-corrected chi connectivity index (χ2v) is 7.46. The highest BCUT2D eigenvalue weighted by Crippen LogP contribution is 2.24. The lowest BCUT2D eigenvalue weighted by atomic mass is 10.0. The minimum absolute atomic E-state index is 0.189. The normalized spacial score (nSPS) is 10.7. The molecule has 0 unspecified atom stereocenters. The Kier molecular flexibility index (Phi) is 6.07. The topological polar surface area (TPSA) is 71.1 Å². The average Bonchev–Trinajstić information content (AvgIpc) is 2.67. The molecule has 1 heterocycles. The molecule has 1 aromatic heterocycles. The van der Waals surface area contributed by atoms with E-state index in [0.29, 0.717) is 11.3 Å². The lowest BCUT2D eigenvalue weighted by Gasteiger charge is -2.14. The first-order valence-electron chi connectivity index (χ1n) is 9.59. The molecule has 0 radical (unpaired) electrons. The highest BCUT2D eigenvalue weighted by molar-refractivity contribution is 6.08. The highest BCUT2D eigenvalue weighted by atomic mass is 16.2. The third kappa shape index (κ3) is 5.08. The summed E-state index contributed by atoms with van der Waals surface area (Å²) in [6, 6.07) is 16.6. The predicted octanol–water partition coefficient (Wildman–Crippen LogP) is 5.33. The number of rotatable bonds is 5. The van der Waals surface area contributed by atoms with E-state index in [1.165, 1.54) is 12.3 Å². The van der Waals surface area contributed by atoms with Gasteiger partial charge in [0.25, 0.3) is 11.8 Å². The lowest BCUT2D eigenvalue weighted by Crippen LogP contribution is -2.17. The molecule has 5 heteroatoms. The van der Waals surface area contributed by atoms with Crippen LogP contribution in [0.5, 0.6) is 0 Å². The fourth-order valence-corrected chi connectivity index (χ4v) is 3.25. The summed E-state index contributed by atoms with van der Waals surface area (Å²) in [7, 11) is 0. The molecule has 5 nitrogen and oxygen atoms in total. The Balaban J connectivity index is 1.78. The first-order valence-corrected chi connectivity index (χ1v) is 9.59. The van der Waals surface area contributed by atoms with Crippen LogP contribution >= 0.6 is 0 Å². The molecular weight excluding hydrogens is 362 g/mol. The van der Waals surface area contributed by atoms with Gasteiger partial charge in [0.15, 0.2) is 0 Å². The number of nitrogens with zero attached hydrogens (tertiary/aromatic N) is 1. The minimum atomic E-state index is -0.354. The van der Waals surface area contributed by atoms with Gasteiger partial charge in [-0.1, -0.05) is 38.1 Å². The first kappa shape index (κ1) is 20.3. The molecule has 0 spiro atoms. The number of aryl methyl sites for hydroxylation is 2. The van der Waals surface area contributed by atoms with Crippen molar-refractivity contribution in [3.8, 4) is 0 Å². The minimum Gasteiger partial charge on any atom is -0.322 e. The molecule has 148 valence electrons. The van der Waals surface area contributed by atoms with Crippen molar-refractivity contribution >= 4 is 23.2 Å². The zero-order chi connectivity index (χ0) is 21.0. The number of aromatic nitrogens is 1. The average molecular weight is 387 g/mol. The highest BCUT2D eigenvalue weighted by Gasteiger charge is 2.14. The monoisotopic (exact) mass is 387 g/mol. The van der Waals surface area contributed by atoms with Crippen LogP contribution in [0.15, 0.2) is 60.8 Å². The SMILES string of the molecule is Cc1cc(C)cc(NC(=O)c2cc(C(=O)Nc3ccccc3C(C)C)ccn2)c1. The summed E-state index contributed by atoms with van der Waals surface area (Å²) in [5, 5.41) is 5.79. The van der Waals surface area contributed by atoms with E-state index in [1.54, 1.807) is 6.07 Å². The Morgan fingerprint density at radius 3 is 2.24 bits per heavy atom. The van der Waals surface area contributed by atoms with E-state index in [0.717, 1.165) is 22.4 Å². The molecule has 0 aliphatic rings. The molecule has 29 heavy (non-hydrogen) atoms. The van der Waals surface area contributed by atoms with Gasteiger partial charge in [0.05, 0.1) is 0 Å². The lowest BCUT2D eigenvalue weighted by molar-refractivity contribution is 0.102. The number of hydrogen-bond donors (Lipinski definition) is 2. The first-order chi connectivity index (χ1) is 13.8. The largest absolute Gasteiger partial charge is 0.322 e. The second-order valence-electron chi connectivity index (χ2n) is 7.46. The fourth-order valence-electron chi connectivity index (χ4n) is 3.25. The van der Waals surface area contributed by atoms with Gasteiger partial charge in [0.1, 0.15) is 5.69 Å². The van der Waals surface area contributed by atoms with Gasteiger partial charge in [-0.05, 0) is 66.8 Å². The second kappa shape index (κ2) is 8.69. The van der Waals surface area contributed by atoms with Crippen LogP contribution in [0.1, 0.15) is 57.3 Å². The Labute approximate surface area is 171 Å². The van der Waals surface area contributed by atoms with E-state index in [1.807, 2.05) is 56.3 Å². The number of amides is 2. The number of carbonyl (C=O) groups excluding carboxylic acids is 2. The molecule has 2 aromatic carbocycles. The van der Waals surface area contributed by atoms with Gasteiger partial charge >= 0.3 is 0 Å². The number of hydrogen-bond acceptors (Lipinski definition) is 3. The quantitative estimate of drug-likeness (QED) is 0.622. The van der Waals surface area contributed by atoms with Crippen LogP contribution in [0, 0.1) is 13.8 Å². The van der Waals surface area contributed by atoms with Crippen LogP contribution in [-0.2, 0) is 0 Å². The number of pyridine rings is 1. The summed E-state index contributed by atoms with van der Waals surface area (Å²) >= 11 is 0. The standard InChI is InChI=1S/C24H25N3O2/c1-15(2)20-7-5-6-8-21(20)27-23(28)18-9-10-25-22(14-18)24(29)26-19-12-16(3)11-17(4)13-19/h5-15H,1-4H3,(H,26,29)(H,27,28).